The molecule has 0 aliphatic rings. The van der Waals surface area contributed by atoms with Crippen LogP contribution in [0.2, 0.25) is 0 Å². The van der Waals surface area contributed by atoms with Crippen molar-refractivity contribution in [2.45, 2.75) is 13.3 Å². The molecule has 0 unspecified atom stereocenters. The highest BCUT2D eigenvalue weighted by molar-refractivity contribution is 5.39. The Morgan fingerprint density at radius 3 is 2.47 bits per heavy atom. The van der Waals surface area contributed by atoms with Crippen LogP contribution in [0.3, 0.4) is 0 Å². The van der Waals surface area contributed by atoms with Crippen molar-refractivity contribution >= 4 is 0 Å². The first-order chi connectivity index (χ1) is 8.38. The highest BCUT2D eigenvalue weighted by atomic mass is 16.5. The summed E-state index contributed by atoms with van der Waals surface area (Å²) in [6.45, 7) is 4.98. The predicted octanol–water partition coefficient (Wildman–Crippen LogP) is 1.44. The molecule has 0 saturated carbocycles. The van der Waals surface area contributed by atoms with Gasteiger partial charge in [-0.3, -0.25) is 0 Å². The predicted molar refractivity (Wildman–Crippen MR) is 67.7 cm³/mol. The molecule has 2 N–H and O–H groups in total. The van der Waals surface area contributed by atoms with E-state index in [2.05, 4.69) is 5.32 Å². The third-order valence-corrected chi connectivity index (χ3v) is 2.20. The van der Waals surface area contributed by atoms with Crippen molar-refractivity contribution in [1.82, 2.24) is 5.32 Å². The number of nitrogens with one attached hydrogen (secondary N) is 1. The number of aliphatic hydroxyl groups is 1. The van der Waals surface area contributed by atoms with Gasteiger partial charge in [0.25, 0.3) is 0 Å². The van der Waals surface area contributed by atoms with Crippen LogP contribution in [0, 0.1) is 0 Å². The summed E-state index contributed by atoms with van der Waals surface area (Å²) in [4.78, 5) is 0. The number of para-hydroxylation sites is 2. The maximum Gasteiger partial charge on any atom is 0.161 e. The molecule has 0 bridgehead atoms. The van der Waals surface area contributed by atoms with E-state index in [1.165, 1.54) is 0 Å². The minimum Gasteiger partial charge on any atom is -0.490 e. The summed E-state index contributed by atoms with van der Waals surface area (Å²) in [7, 11) is 0. The van der Waals surface area contributed by atoms with Crippen molar-refractivity contribution in [1.29, 1.82) is 0 Å². The quantitative estimate of drug-likeness (QED) is 0.640. The molecule has 0 heterocycles. The normalized spacial score (nSPS) is 10.2. The van der Waals surface area contributed by atoms with E-state index in [0.29, 0.717) is 13.2 Å². The van der Waals surface area contributed by atoms with E-state index >= 15 is 0 Å². The maximum atomic E-state index is 8.61. The van der Waals surface area contributed by atoms with Gasteiger partial charge in [-0.05, 0) is 32.0 Å². The lowest BCUT2D eigenvalue weighted by Gasteiger charge is -2.11. The summed E-state index contributed by atoms with van der Waals surface area (Å²) in [5.74, 6) is 1.56. The topological polar surface area (TPSA) is 50.7 Å². The van der Waals surface area contributed by atoms with Crippen molar-refractivity contribution in [2.24, 2.45) is 0 Å². The lowest BCUT2D eigenvalue weighted by molar-refractivity contribution is 0.267. The van der Waals surface area contributed by atoms with Crippen molar-refractivity contribution in [3.05, 3.63) is 24.3 Å². The Morgan fingerprint density at radius 2 is 1.82 bits per heavy atom. The number of hydrogen-bond acceptors (Lipinski definition) is 4. The fourth-order valence-electron chi connectivity index (χ4n) is 1.41. The number of ether oxygens (including phenoxy) is 2. The molecule has 0 aliphatic heterocycles. The molecule has 0 radical (unpaired) electrons. The number of benzene rings is 1. The summed E-state index contributed by atoms with van der Waals surface area (Å²) < 4.78 is 11.1. The molecule has 1 aromatic carbocycles. The van der Waals surface area contributed by atoms with Gasteiger partial charge in [0.1, 0.15) is 6.61 Å². The van der Waals surface area contributed by atoms with Gasteiger partial charge in [-0.2, -0.15) is 0 Å². The smallest absolute Gasteiger partial charge is 0.161 e. The molecule has 0 aliphatic carbocycles. The Labute approximate surface area is 103 Å². The maximum absolute atomic E-state index is 8.61. The molecule has 0 saturated heterocycles. The SMILES string of the molecule is CCOc1ccccc1OCCNCCCO. The largest absolute Gasteiger partial charge is 0.490 e. The van der Waals surface area contributed by atoms with Gasteiger partial charge in [-0.1, -0.05) is 12.1 Å². The fourth-order valence-corrected chi connectivity index (χ4v) is 1.41. The molecule has 0 amide bonds. The van der Waals surface area contributed by atoms with E-state index in [4.69, 9.17) is 14.6 Å². The number of hydrogen-bond donors (Lipinski definition) is 2. The molecule has 1 aromatic rings. The molecule has 0 aromatic heterocycles. The lowest BCUT2D eigenvalue weighted by Crippen LogP contribution is -2.22. The van der Waals surface area contributed by atoms with Crippen LogP contribution in [0.15, 0.2) is 24.3 Å². The van der Waals surface area contributed by atoms with Gasteiger partial charge in [0.05, 0.1) is 6.61 Å². The molecule has 1 rings (SSSR count). The number of rotatable bonds is 9. The van der Waals surface area contributed by atoms with E-state index in [1.807, 2.05) is 31.2 Å². The lowest BCUT2D eigenvalue weighted by atomic mass is 10.3. The molecule has 96 valence electrons. The van der Waals surface area contributed by atoms with E-state index in [0.717, 1.165) is 31.0 Å². The van der Waals surface area contributed by atoms with Crippen LogP contribution in [-0.4, -0.2) is 38.0 Å². The van der Waals surface area contributed by atoms with Crippen LogP contribution in [-0.2, 0) is 0 Å². The highest BCUT2D eigenvalue weighted by Crippen LogP contribution is 2.25. The Morgan fingerprint density at radius 1 is 1.12 bits per heavy atom. The van der Waals surface area contributed by atoms with Gasteiger partial charge in [0.2, 0.25) is 0 Å². The standard InChI is InChI=1S/C13H21NO3/c1-2-16-12-6-3-4-7-13(12)17-11-9-14-8-5-10-15/h3-4,6-7,14-15H,2,5,8-11H2,1H3. The molecule has 0 atom stereocenters. The van der Waals surface area contributed by atoms with Gasteiger partial charge in [-0.25, -0.2) is 0 Å². The molecule has 0 fully saturated rings. The average molecular weight is 239 g/mol. The first-order valence-corrected chi connectivity index (χ1v) is 6.04. The van der Waals surface area contributed by atoms with Crippen molar-refractivity contribution in [3.8, 4) is 11.5 Å². The second-order valence-corrected chi connectivity index (χ2v) is 3.56. The number of aliphatic hydroxyl groups excluding tert-OH is 1. The molecule has 17 heavy (non-hydrogen) atoms. The third-order valence-electron chi connectivity index (χ3n) is 2.20. The second kappa shape index (κ2) is 8.84. The second-order valence-electron chi connectivity index (χ2n) is 3.56. The monoisotopic (exact) mass is 239 g/mol. The Kier molecular flexibility index (Phi) is 7.18. The molecular formula is C13H21NO3. The van der Waals surface area contributed by atoms with E-state index in [-0.39, 0.29) is 6.61 Å². The molecule has 4 nitrogen and oxygen atoms in total. The van der Waals surface area contributed by atoms with Gasteiger partial charge in [0, 0.05) is 13.2 Å². The summed E-state index contributed by atoms with van der Waals surface area (Å²) in [5.41, 5.74) is 0. The molecule has 4 heteroatoms. The van der Waals surface area contributed by atoms with Crippen LogP contribution in [0.25, 0.3) is 0 Å². The van der Waals surface area contributed by atoms with E-state index in [9.17, 15) is 0 Å². The van der Waals surface area contributed by atoms with Gasteiger partial charge in [0.15, 0.2) is 11.5 Å². The first-order valence-electron chi connectivity index (χ1n) is 6.04. The average Bonchev–Trinajstić information content (AvgIpc) is 2.36. The Bertz CT molecular complexity index is 304. The fraction of sp³-hybridized carbons (Fsp3) is 0.538. The first kappa shape index (κ1) is 13.8. The minimum atomic E-state index is 0.223. The van der Waals surface area contributed by atoms with E-state index in [1.54, 1.807) is 0 Å². The molecule has 0 spiro atoms. The van der Waals surface area contributed by atoms with E-state index < -0.39 is 0 Å². The highest BCUT2D eigenvalue weighted by Gasteiger charge is 2.02. The zero-order valence-corrected chi connectivity index (χ0v) is 10.3. The van der Waals surface area contributed by atoms with Crippen molar-refractivity contribution in [2.75, 3.05) is 32.9 Å². The van der Waals surface area contributed by atoms with Crippen LogP contribution in [0.1, 0.15) is 13.3 Å². The molecular weight excluding hydrogens is 218 g/mol. The Balaban J connectivity index is 2.25. The van der Waals surface area contributed by atoms with Crippen molar-refractivity contribution in [3.63, 3.8) is 0 Å². The zero-order valence-electron chi connectivity index (χ0n) is 10.3. The van der Waals surface area contributed by atoms with Crippen LogP contribution in [0.4, 0.5) is 0 Å². The third kappa shape index (κ3) is 5.56. The Hall–Kier alpha value is -1.26. The summed E-state index contributed by atoms with van der Waals surface area (Å²) >= 11 is 0. The van der Waals surface area contributed by atoms with Gasteiger partial charge < -0.3 is 19.9 Å². The van der Waals surface area contributed by atoms with Gasteiger partial charge in [-0.15, -0.1) is 0 Å². The zero-order chi connectivity index (χ0) is 12.3. The summed E-state index contributed by atoms with van der Waals surface area (Å²) in [5, 5.41) is 11.8. The summed E-state index contributed by atoms with van der Waals surface area (Å²) in [6, 6.07) is 7.66. The van der Waals surface area contributed by atoms with Crippen LogP contribution in [0.5, 0.6) is 11.5 Å². The van der Waals surface area contributed by atoms with Gasteiger partial charge >= 0.3 is 0 Å². The summed E-state index contributed by atoms with van der Waals surface area (Å²) in [6.07, 6.45) is 0.773. The van der Waals surface area contributed by atoms with Crippen LogP contribution < -0.4 is 14.8 Å². The van der Waals surface area contributed by atoms with Crippen LogP contribution >= 0.6 is 0 Å². The van der Waals surface area contributed by atoms with Crippen molar-refractivity contribution < 1.29 is 14.6 Å². The minimum absolute atomic E-state index is 0.223.